The van der Waals surface area contributed by atoms with Gasteiger partial charge in [-0.05, 0) is 50.1 Å². The highest BCUT2D eigenvalue weighted by molar-refractivity contribution is 6.03. The van der Waals surface area contributed by atoms with Crippen molar-refractivity contribution in [3.8, 4) is 0 Å². The van der Waals surface area contributed by atoms with E-state index in [4.69, 9.17) is 4.74 Å². The fraction of sp³-hybridized carbons (Fsp3) is 0.269. The van der Waals surface area contributed by atoms with Gasteiger partial charge in [0.15, 0.2) is 0 Å². The first kappa shape index (κ1) is 22.5. The van der Waals surface area contributed by atoms with E-state index in [-0.39, 0.29) is 11.1 Å². The smallest absolute Gasteiger partial charge is 0.263 e. The molecule has 0 bridgehead atoms. The molecular weight excluding hydrogens is 416 g/mol. The number of nitrogens with one attached hydrogen (secondary N) is 1. The number of anilines is 1. The molecule has 2 heterocycles. The molecule has 1 amide bonds. The maximum absolute atomic E-state index is 13.1. The van der Waals surface area contributed by atoms with Crippen LogP contribution in [0.2, 0.25) is 0 Å². The molecule has 0 fully saturated rings. The third-order valence-corrected chi connectivity index (χ3v) is 5.45. The number of fused-ring (bicyclic) bond motifs is 1. The highest BCUT2D eigenvalue weighted by Gasteiger charge is 2.17. The average Bonchev–Trinajstić information content (AvgIpc) is 3.15. The van der Waals surface area contributed by atoms with Crippen LogP contribution >= 0.6 is 0 Å². The molecule has 0 aliphatic heterocycles. The Kier molecular flexibility index (Phi) is 7.00. The van der Waals surface area contributed by atoms with Crippen LogP contribution < -0.4 is 10.9 Å². The fourth-order valence-electron chi connectivity index (χ4n) is 3.88. The van der Waals surface area contributed by atoms with Crippen molar-refractivity contribution in [3.05, 3.63) is 93.9 Å². The summed E-state index contributed by atoms with van der Waals surface area (Å²) in [6, 6.07) is 19.0. The van der Waals surface area contributed by atoms with Crippen LogP contribution in [0.5, 0.6) is 0 Å². The van der Waals surface area contributed by atoms with E-state index in [1.165, 1.54) is 0 Å². The number of hydrogen-bond acceptors (Lipinski definition) is 4. The second-order valence-electron chi connectivity index (χ2n) is 7.92. The van der Waals surface area contributed by atoms with E-state index in [9.17, 15) is 9.59 Å². The molecule has 7 heteroatoms. The highest BCUT2D eigenvalue weighted by atomic mass is 16.5. The van der Waals surface area contributed by atoms with Crippen molar-refractivity contribution in [2.24, 2.45) is 0 Å². The molecule has 0 unspecified atom stereocenters. The summed E-state index contributed by atoms with van der Waals surface area (Å²) in [5.41, 5.74) is 3.58. The zero-order chi connectivity index (χ0) is 23.2. The zero-order valence-electron chi connectivity index (χ0n) is 19.0. The van der Waals surface area contributed by atoms with E-state index in [1.807, 2.05) is 66.9 Å². The number of amides is 1. The molecule has 170 valence electrons. The van der Waals surface area contributed by atoms with Gasteiger partial charge in [0, 0.05) is 26.0 Å². The SMILES string of the molecule is CCOCCCn1c(NC(=O)c2cccn(Cc3cccc(C)c3)c2=O)nc2ccccc21. The Morgan fingerprint density at radius 1 is 1.09 bits per heavy atom. The average molecular weight is 445 g/mol. The lowest BCUT2D eigenvalue weighted by atomic mass is 10.1. The molecule has 7 nitrogen and oxygen atoms in total. The lowest BCUT2D eigenvalue weighted by Crippen LogP contribution is -2.29. The molecule has 4 rings (SSSR count). The maximum Gasteiger partial charge on any atom is 0.263 e. The molecule has 2 aromatic carbocycles. The van der Waals surface area contributed by atoms with Crippen molar-refractivity contribution < 1.29 is 9.53 Å². The van der Waals surface area contributed by atoms with E-state index >= 15 is 0 Å². The van der Waals surface area contributed by atoms with Crippen LogP contribution in [-0.4, -0.2) is 33.2 Å². The van der Waals surface area contributed by atoms with Crippen molar-refractivity contribution in [2.75, 3.05) is 18.5 Å². The number of pyridine rings is 1. The summed E-state index contributed by atoms with van der Waals surface area (Å²) >= 11 is 0. The number of imidazole rings is 1. The van der Waals surface area contributed by atoms with Gasteiger partial charge in [0.1, 0.15) is 5.56 Å². The first-order chi connectivity index (χ1) is 16.1. The fourth-order valence-corrected chi connectivity index (χ4v) is 3.88. The van der Waals surface area contributed by atoms with Gasteiger partial charge in [-0.3, -0.25) is 14.9 Å². The first-order valence-electron chi connectivity index (χ1n) is 11.2. The summed E-state index contributed by atoms with van der Waals surface area (Å²) in [4.78, 5) is 30.7. The van der Waals surface area contributed by atoms with Crippen LogP contribution in [0.1, 0.15) is 34.8 Å². The number of benzene rings is 2. The molecule has 0 saturated carbocycles. The van der Waals surface area contributed by atoms with Crippen molar-refractivity contribution in [1.29, 1.82) is 0 Å². The molecule has 0 atom stereocenters. The van der Waals surface area contributed by atoms with Crippen molar-refractivity contribution in [2.45, 2.75) is 33.4 Å². The zero-order valence-corrected chi connectivity index (χ0v) is 19.0. The predicted octanol–water partition coefficient (Wildman–Crippen LogP) is 4.23. The van der Waals surface area contributed by atoms with Crippen LogP contribution in [0.3, 0.4) is 0 Å². The van der Waals surface area contributed by atoms with E-state index in [2.05, 4.69) is 10.3 Å². The lowest BCUT2D eigenvalue weighted by Gasteiger charge is -2.11. The van der Waals surface area contributed by atoms with Crippen LogP contribution in [0.25, 0.3) is 11.0 Å². The summed E-state index contributed by atoms with van der Waals surface area (Å²) in [7, 11) is 0. The van der Waals surface area contributed by atoms with E-state index in [0.717, 1.165) is 28.6 Å². The molecule has 4 aromatic rings. The number of nitrogens with zero attached hydrogens (tertiary/aromatic N) is 3. The summed E-state index contributed by atoms with van der Waals surface area (Å²) in [5, 5.41) is 2.86. The minimum Gasteiger partial charge on any atom is -0.382 e. The van der Waals surface area contributed by atoms with Gasteiger partial charge in [-0.25, -0.2) is 4.98 Å². The van der Waals surface area contributed by atoms with Gasteiger partial charge in [-0.15, -0.1) is 0 Å². The van der Waals surface area contributed by atoms with E-state index in [0.29, 0.717) is 32.3 Å². The third-order valence-electron chi connectivity index (χ3n) is 5.45. The summed E-state index contributed by atoms with van der Waals surface area (Å²) in [6.07, 6.45) is 2.48. The Bertz CT molecular complexity index is 1320. The number of carbonyl (C=O) groups excluding carboxylic acids is 1. The van der Waals surface area contributed by atoms with Crippen LogP contribution in [0.15, 0.2) is 71.7 Å². The second-order valence-corrected chi connectivity index (χ2v) is 7.92. The number of rotatable bonds is 9. The van der Waals surface area contributed by atoms with Crippen molar-refractivity contribution in [1.82, 2.24) is 14.1 Å². The highest BCUT2D eigenvalue weighted by Crippen LogP contribution is 2.20. The maximum atomic E-state index is 13.1. The molecule has 0 spiro atoms. The Morgan fingerprint density at radius 3 is 2.76 bits per heavy atom. The quantitative estimate of drug-likeness (QED) is 0.392. The second kappa shape index (κ2) is 10.3. The Labute approximate surface area is 192 Å². The summed E-state index contributed by atoms with van der Waals surface area (Å²) < 4.78 is 8.96. The first-order valence-corrected chi connectivity index (χ1v) is 11.2. The topological polar surface area (TPSA) is 78.1 Å². The number of aromatic nitrogens is 3. The Hall–Kier alpha value is -3.71. The van der Waals surface area contributed by atoms with Gasteiger partial charge in [-0.1, -0.05) is 42.0 Å². The molecule has 2 aromatic heterocycles. The van der Waals surface area contributed by atoms with E-state index in [1.54, 1.807) is 22.9 Å². The van der Waals surface area contributed by atoms with E-state index < -0.39 is 5.91 Å². The molecule has 0 radical (unpaired) electrons. The molecule has 1 N–H and O–H groups in total. The van der Waals surface area contributed by atoms with Crippen LogP contribution in [0, 0.1) is 6.92 Å². The van der Waals surface area contributed by atoms with Crippen LogP contribution in [0.4, 0.5) is 5.95 Å². The van der Waals surface area contributed by atoms with Gasteiger partial charge in [-0.2, -0.15) is 0 Å². The normalized spacial score (nSPS) is 11.1. The van der Waals surface area contributed by atoms with Gasteiger partial charge >= 0.3 is 0 Å². The number of aryl methyl sites for hydroxylation is 2. The minimum atomic E-state index is -0.472. The number of carbonyl (C=O) groups is 1. The molecule has 33 heavy (non-hydrogen) atoms. The Morgan fingerprint density at radius 2 is 1.94 bits per heavy atom. The molecular formula is C26H28N4O3. The summed E-state index contributed by atoms with van der Waals surface area (Å²) in [6.45, 7) is 6.30. The Balaban J connectivity index is 1.59. The van der Waals surface area contributed by atoms with Crippen LogP contribution in [-0.2, 0) is 17.8 Å². The predicted molar refractivity (Wildman–Crippen MR) is 130 cm³/mol. The van der Waals surface area contributed by atoms with Crippen molar-refractivity contribution in [3.63, 3.8) is 0 Å². The van der Waals surface area contributed by atoms with Gasteiger partial charge < -0.3 is 13.9 Å². The van der Waals surface area contributed by atoms with Gasteiger partial charge in [0.05, 0.1) is 17.6 Å². The van der Waals surface area contributed by atoms with Crippen molar-refractivity contribution >= 4 is 22.9 Å². The molecule has 0 aliphatic carbocycles. The third kappa shape index (κ3) is 5.21. The molecule has 0 aliphatic rings. The number of hydrogen-bond donors (Lipinski definition) is 1. The monoisotopic (exact) mass is 444 g/mol. The van der Waals surface area contributed by atoms with Gasteiger partial charge in [0.25, 0.3) is 11.5 Å². The standard InChI is InChI=1S/C26H28N4O3/c1-3-33-16-8-15-30-23-13-5-4-12-22(23)27-26(30)28-24(31)21-11-7-14-29(25(21)32)18-20-10-6-9-19(2)17-20/h4-7,9-14,17H,3,8,15-16,18H2,1-2H3,(H,27,28,31). The minimum absolute atomic E-state index is 0.0816. The van der Waals surface area contributed by atoms with Gasteiger partial charge in [0.2, 0.25) is 5.95 Å². The number of ether oxygens (including phenoxy) is 1. The number of para-hydroxylation sites is 2. The molecule has 0 saturated heterocycles. The largest absolute Gasteiger partial charge is 0.382 e. The summed E-state index contributed by atoms with van der Waals surface area (Å²) in [5.74, 6) is -0.0499. The lowest BCUT2D eigenvalue weighted by molar-refractivity contribution is 0.102.